The average molecular weight is 279 g/mol. The number of halogens is 1. The van der Waals surface area contributed by atoms with Gasteiger partial charge >= 0.3 is 0 Å². The van der Waals surface area contributed by atoms with Gasteiger partial charge in [-0.25, -0.2) is 4.39 Å². The highest BCUT2D eigenvalue weighted by molar-refractivity contribution is 5.77. The van der Waals surface area contributed by atoms with E-state index in [1.807, 2.05) is 6.07 Å². The molecule has 0 radical (unpaired) electrons. The van der Waals surface area contributed by atoms with Crippen LogP contribution in [-0.2, 0) is 4.79 Å². The monoisotopic (exact) mass is 279 g/mol. The van der Waals surface area contributed by atoms with Crippen molar-refractivity contribution < 1.29 is 9.18 Å². The van der Waals surface area contributed by atoms with Crippen LogP contribution in [0.1, 0.15) is 12.8 Å². The van der Waals surface area contributed by atoms with Gasteiger partial charge in [-0.1, -0.05) is 6.07 Å². The summed E-state index contributed by atoms with van der Waals surface area (Å²) < 4.78 is 13.1. The van der Waals surface area contributed by atoms with Gasteiger partial charge in [0.2, 0.25) is 5.91 Å². The van der Waals surface area contributed by atoms with Crippen molar-refractivity contribution in [3.8, 4) is 0 Å². The van der Waals surface area contributed by atoms with E-state index in [-0.39, 0.29) is 11.7 Å². The van der Waals surface area contributed by atoms with Crippen LogP contribution < -0.4 is 5.32 Å². The Labute approximate surface area is 119 Å². The summed E-state index contributed by atoms with van der Waals surface area (Å²) in [5.41, 5.74) is 0.827. The van der Waals surface area contributed by atoms with Gasteiger partial charge in [0.1, 0.15) is 5.82 Å². The second-order valence-corrected chi connectivity index (χ2v) is 5.49. The van der Waals surface area contributed by atoms with Crippen molar-refractivity contribution >= 4 is 11.6 Å². The number of likely N-dealkylation sites (tertiary alicyclic amines) is 1. The van der Waals surface area contributed by atoms with Crippen LogP contribution in [0.15, 0.2) is 24.3 Å². The lowest BCUT2D eigenvalue weighted by Crippen LogP contribution is -2.43. The zero-order chi connectivity index (χ0) is 14.5. The van der Waals surface area contributed by atoms with Crippen LogP contribution in [0.5, 0.6) is 0 Å². The maximum Gasteiger partial charge on any atom is 0.236 e. The van der Waals surface area contributed by atoms with Gasteiger partial charge in [-0.2, -0.15) is 0 Å². The molecule has 0 saturated carbocycles. The minimum absolute atomic E-state index is 0.140. The van der Waals surface area contributed by atoms with Crippen molar-refractivity contribution in [3.05, 3.63) is 30.1 Å². The van der Waals surface area contributed by atoms with Gasteiger partial charge in [0.05, 0.1) is 6.54 Å². The van der Waals surface area contributed by atoms with E-state index in [0.717, 1.165) is 31.6 Å². The van der Waals surface area contributed by atoms with Gasteiger partial charge in [0.25, 0.3) is 0 Å². The number of amides is 1. The first-order chi connectivity index (χ1) is 9.54. The first-order valence-electron chi connectivity index (χ1n) is 6.99. The van der Waals surface area contributed by atoms with E-state index >= 15 is 0 Å². The van der Waals surface area contributed by atoms with Crippen LogP contribution >= 0.6 is 0 Å². The number of nitrogens with zero attached hydrogens (tertiary/aromatic N) is 2. The molecular formula is C15H22FN3O. The predicted molar refractivity (Wildman–Crippen MR) is 78.2 cm³/mol. The quantitative estimate of drug-likeness (QED) is 0.912. The summed E-state index contributed by atoms with van der Waals surface area (Å²) in [7, 11) is 3.56. The van der Waals surface area contributed by atoms with Crippen LogP contribution in [0.3, 0.4) is 0 Å². The van der Waals surface area contributed by atoms with Crippen LogP contribution in [0, 0.1) is 5.82 Å². The molecule has 1 amide bonds. The second kappa shape index (κ2) is 6.70. The van der Waals surface area contributed by atoms with E-state index in [2.05, 4.69) is 10.2 Å². The number of piperidine rings is 1. The average Bonchev–Trinajstić information content (AvgIpc) is 2.41. The Morgan fingerprint density at radius 1 is 1.40 bits per heavy atom. The lowest BCUT2D eigenvalue weighted by atomic mass is 10.0. The summed E-state index contributed by atoms with van der Waals surface area (Å²) in [5, 5.41) is 3.36. The summed E-state index contributed by atoms with van der Waals surface area (Å²) >= 11 is 0. The Bertz CT molecular complexity index is 456. The number of anilines is 1. The molecule has 1 saturated heterocycles. The summed E-state index contributed by atoms with van der Waals surface area (Å²) in [6.07, 6.45) is 1.94. The molecule has 1 aliphatic rings. The molecule has 4 nitrogen and oxygen atoms in total. The number of hydrogen-bond donors (Lipinski definition) is 1. The van der Waals surface area contributed by atoms with Crippen molar-refractivity contribution in [2.24, 2.45) is 0 Å². The van der Waals surface area contributed by atoms with Crippen LogP contribution in [-0.4, -0.2) is 55.5 Å². The van der Waals surface area contributed by atoms with E-state index in [1.165, 1.54) is 12.1 Å². The number of rotatable bonds is 4. The highest BCUT2D eigenvalue weighted by Gasteiger charge is 2.21. The van der Waals surface area contributed by atoms with Crippen molar-refractivity contribution in [3.63, 3.8) is 0 Å². The fraction of sp³-hybridized carbons (Fsp3) is 0.533. The van der Waals surface area contributed by atoms with Gasteiger partial charge in [-0.3, -0.25) is 9.69 Å². The zero-order valence-electron chi connectivity index (χ0n) is 12.1. The maximum atomic E-state index is 13.1. The molecule has 0 unspecified atom stereocenters. The molecule has 0 spiro atoms. The molecule has 2 rings (SSSR count). The third-order valence-electron chi connectivity index (χ3n) is 3.64. The fourth-order valence-corrected chi connectivity index (χ4v) is 2.38. The van der Waals surface area contributed by atoms with Gasteiger partial charge in [-0.15, -0.1) is 0 Å². The Morgan fingerprint density at radius 2 is 2.10 bits per heavy atom. The molecule has 0 bridgehead atoms. The molecule has 1 heterocycles. The van der Waals surface area contributed by atoms with Crippen LogP contribution in [0.2, 0.25) is 0 Å². The second-order valence-electron chi connectivity index (χ2n) is 5.49. The SMILES string of the molecule is CN(C)C(=O)CN1CCC(Nc2cccc(F)c2)CC1. The van der Waals surface area contributed by atoms with Gasteiger partial charge in [0.15, 0.2) is 0 Å². The zero-order valence-corrected chi connectivity index (χ0v) is 12.1. The third kappa shape index (κ3) is 4.20. The third-order valence-corrected chi connectivity index (χ3v) is 3.64. The molecule has 1 N–H and O–H groups in total. The number of hydrogen-bond acceptors (Lipinski definition) is 3. The smallest absolute Gasteiger partial charge is 0.236 e. The lowest BCUT2D eigenvalue weighted by molar-refractivity contribution is -0.130. The fourth-order valence-electron chi connectivity index (χ4n) is 2.38. The Hall–Kier alpha value is -1.62. The molecule has 110 valence electrons. The largest absolute Gasteiger partial charge is 0.382 e. The molecule has 1 aromatic carbocycles. The molecular weight excluding hydrogens is 257 g/mol. The molecule has 0 aromatic heterocycles. The number of carbonyl (C=O) groups is 1. The van der Waals surface area contributed by atoms with E-state index in [9.17, 15) is 9.18 Å². The lowest BCUT2D eigenvalue weighted by Gasteiger charge is -2.32. The van der Waals surface area contributed by atoms with E-state index < -0.39 is 0 Å². The molecule has 1 aliphatic heterocycles. The van der Waals surface area contributed by atoms with E-state index in [0.29, 0.717) is 12.6 Å². The van der Waals surface area contributed by atoms with Gasteiger partial charge in [-0.05, 0) is 31.0 Å². The Morgan fingerprint density at radius 3 is 2.70 bits per heavy atom. The minimum atomic E-state index is -0.219. The number of benzene rings is 1. The maximum absolute atomic E-state index is 13.1. The minimum Gasteiger partial charge on any atom is -0.382 e. The standard InChI is InChI=1S/C15H22FN3O/c1-18(2)15(20)11-19-8-6-13(7-9-19)17-14-5-3-4-12(16)10-14/h3-5,10,13,17H,6-9,11H2,1-2H3. The van der Waals surface area contributed by atoms with Gasteiger partial charge in [0, 0.05) is 38.9 Å². The van der Waals surface area contributed by atoms with Crippen molar-refractivity contribution in [2.45, 2.75) is 18.9 Å². The van der Waals surface area contributed by atoms with E-state index in [4.69, 9.17) is 0 Å². The molecule has 1 fully saturated rings. The van der Waals surface area contributed by atoms with Crippen molar-refractivity contribution in [2.75, 3.05) is 39.0 Å². The predicted octanol–water partition coefficient (Wildman–Crippen LogP) is 1.79. The summed E-state index contributed by atoms with van der Waals surface area (Å²) in [6, 6.07) is 6.90. The van der Waals surface area contributed by atoms with Gasteiger partial charge < -0.3 is 10.2 Å². The number of nitrogens with one attached hydrogen (secondary N) is 1. The Kier molecular flexibility index (Phi) is 4.95. The summed E-state index contributed by atoms with van der Waals surface area (Å²) in [5.74, 6) is -0.0782. The first kappa shape index (κ1) is 14.8. The molecule has 0 aliphatic carbocycles. The molecule has 20 heavy (non-hydrogen) atoms. The molecule has 5 heteroatoms. The number of likely N-dealkylation sites (N-methyl/N-ethyl adjacent to an activating group) is 1. The molecule has 1 aromatic rings. The topological polar surface area (TPSA) is 35.6 Å². The van der Waals surface area contributed by atoms with Crippen molar-refractivity contribution in [1.82, 2.24) is 9.80 Å². The first-order valence-corrected chi connectivity index (χ1v) is 6.99. The van der Waals surface area contributed by atoms with E-state index in [1.54, 1.807) is 25.1 Å². The highest BCUT2D eigenvalue weighted by Crippen LogP contribution is 2.17. The summed E-state index contributed by atoms with van der Waals surface area (Å²) in [4.78, 5) is 15.4. The Balaban J connectivity index is 1.78. The van der Waals surface area contributed by atoms with Crippen LogP contribution in [0.4, 0.5) is 10.1 Å². The normalized spacial score (nSPS) is 16.9. The van der Waals surface area contributed by atoms with Crippen LogP contribution in [0.25, 0.3) is 0 Å². The molecule has 0 atom stereocenters. The van der Waals surface area contributed by atoms with Crippen molar-refractivity contribution in [1.29, 1.82) is 0 Å². The summed E-state index contributed by atoms with van der Waals surface area (Å²) in [6.45, 7) is 2.28. The number of carbonyl (C=O) groups excluding carboxylic acids is 1. The highest BCUT2D eigenvalue weighted by atomic mass is 19.1.